The zero-order valence-electron chi connectivity index (χ0n) is 8.76. The lowest BCUT2D eigenvalue weighted by Crippen LogP contribution is -2.08. The Labute approximate surface area is 83.9 Å². The first kappa shape index (κ1) is 10.6. The van der Waals surface area contributed by atoms with Gasteiger partial charge in [-0.05, 0) is 44.0 Å². The summed E-state index contributed by atoms with van der Waals surface area (Å²) >= 11 is 0. The van der Waals surface area contributed by atoms with Crippen LogP contribution in [0.15, 0.2) is 12.1 Å². The van der Waals surface area contributed by atoms with Crippen LogP contribution < -0.4 is 10.5 Å². The summed E-state index contributed by atoms with van der Waals surface area (Å²) in [7, 11) is 0. The zero-order chi connectivity index (χ0) is 10.7. The molecular formula is C11H15NO2. The number of nitrogen functional groups attached to an aromatic ring is 1. The minimum absolute atomic E-state index is 0.0145. The molecule has 0 aliphatic carbocycles. The number of benzene rings is 1. The van der Waals surface area contributed by atoms with Crippen LogP contribution in [0, 0.1) is 13.8 Å². The smallest absolute Gasteiger partial charge is 0.167 e. The highest BCUT2D eigenvalue weighted by Crippen LogP contribution is 2.25. The molecule has 0 bridgehead atoms. The van der Waals surface area contributed by atoms with Crippen LogP contribution in [0.4, 0.5) is 5.69 Å². The SMILES string of the molecule is CC(=O)COc1c(C)cc(N)cc1C. The zero-order valence-corrected chi connectivity index (χ0v) is 8.76. The van der Waals surface area contributed by atoms with E-state index in [2.05, 4.69) is 0 Å². The number of nitrogens with two attached hydrogens (primary N) is 1. The maximum atomic E-state index is 10.8. The Bertz CT molecular complexity index is 335. The van der Waals surface area contributed by atoms with Gasteiger partial charge in [0.2, 0.25) is 0 Å². The van der Waals surface area contributed by atoms with Crippen LogP contribution >= 0.6 is 0 Å². The molecular weight excluding hydrogens is 178 g/mol. The molecule has 0 aliphatic heterocycles. The van der Waals surface area contributed by atoms with Crippen LogP contribution in [0.1, 0.15) is 18.1 Å². The van der Waals surface area contributed by atoms with Gasteiger partial charge in [0, 0.05) is 5.69 Å². The summed E-state index contributed by atoms with van der Waals surface area (Å²) in [6, 6.07) is 3.67. The first-order valence-electron chi connectivity index (χ1n) is 4.49. The fourth-order valence-corrected chi connectivity index (χ4v) is 1.39. The van der Waals surface area contributed by atoms with E-state index in [1.54, 1.807) is 0 Å². The molecule has 1 rings (SSSR count). The quantitative estimate of drug-likeness (QED) is 0.745. The summed E-state index contributed by atoms with van der Waals surface area (Å²) in [5.41, 5.74) is 8.30. The van der Waals surface area contributed by atoms with Gasteiger partial charge in [-0.2, -0.15) is 0 Å². The molecule has 3 heteroatoms. The number of anilines is 1. The highest BCUT2D eigenvalue weighted by atomic mass is 16.5. The van der Waals surface area contributed by atoms with Gasteiger partial charge in [-0.1, -0.05) is 0 Å². The first-order chi connectivity index (χ1) is 6.50. The lowest BCUT2D eigenvalue weighted by atomic mass is 10.1. The van der Waals surface area contributed by atoms with Crippen molar-refractivity contribution in [3.8, 4) is 5.75 Å². The molecule has 0 saturated carbocycles. The number of hydrogen-bond acceptors (Lipinski definition) is 3. The monoisotopic (exact) mass is 193 g/mol. The van der Waals surface area contributed by atoms with Crippen molar-refractivity contribution >= 4 is 11.5 Å². The number of carbonyl (C=O) groups excluding carboxylic acids is 1. The molecule has 0 fully saturated rings. The summed E-state index contributed by atoms with van der Waals surface area (Å²) in [5.74, 6) is 0.773. The molecule has 0 radical (unpaired) electrons. The first-order valence-corrected chi connectivity index (χ1v) is 4.49. The van der Waals surface area contributed by atoms with E-state index in [0.717, 1.165) is 22.6 Å². The molecule has 3 nitrogen and oxygen atoms in total. The van der Waals surface area contributed by atoms with E-state index in [9.17, 15) is 4.79 Å². The van der Waals surface area contributed by atoms with Gasteiger partial charge in [0.1, 0.15) is 12.4 Å². The van der Waals surface area contributed by atoms with Crippen LogP contribution in [0.3, 0.4) is 0 Å². The summed E-state index contributed by atoms with van der Waals surface area (Å²) < 4.78 is 5.38. The molecule has 1 aromatic carbocycles. The van der Waals surface area contributed by atoms with Crippen molar-refractivity contribution in [3.05, 3.63) is 23.3 Å². The van der Waals surface area contributed by atoms with Crippen molar-refractivity contribution in [2.45, 2.75) is 20.8 Å². The molecule has 0 atom stereocenters. The number of rotatable bonds is 3. The minimum Gasteiger partial charge on any atom is -0.485 e. The van der Waals surface area contributed by atoms with Gasteiger partial charge in [0.05, 0.1) is 0 Å². The second kappa shape index (κ2) is 4.13. The minimum atomic E-state index is 0.0145. The van der Waals surface area contributed by atoms with Gasteiger partial charge in [-0.15, -0.1) is 0 Å². The van der Waals surface area contributed by atoms with Gasteiger partial charge in [0.25, 0.3) is 0 Å². The van der Waals surface area contributed by atoms with E-state index in [-0.39, 0.29) is 12.4 Å². The molecule has 0 aromatic heterocycles. The van der Waals surface area contributed by atoms with Crippen molar-refractivity contribution in [2.75, 3.05) is 12.3 Å². The van der Waals surface area contributed by atoms with Crippen molar-refractivity contribution < 1.29 is 9.53 Å². The van der Waals surface area contributed by atoms with E-state index >= 15 is 0 Å². The summed E-state index contributed by atoms with van der Waals surface area (Å²) in [4.78, 5) is 10.8. The van der Waals surface area contributed by atoms with Crippen LogP contribution in [0.25, 0.3) is 0 Å². The van der Waals surface area contributed by atoms with Crippen LogP contribution in [0.5, 0.6) is 5.75 Å². The van der Waals surface area contributed by atoms with E-state index in [1.165, 1.54) is 6.92 Å². The topological polar surface area (TPSA) is 52.3 Å². The van der Waals surface area contributed by atoms with E-state index < -0.39 is 0 Å². The van der Waals surface area contributed by atoms with Crippen LogP contribution in [-0.2, 0) is 4.79 Å². The number of ether oxygens (including phenoxy) is 1. The molecule has 0 aliphatic rings. The Hall–Kier alpha value is -1.51. The van der Waals surface area contributed by atoms with Gasteiger partial charge in [-0.3, -0.25) is 4.79 Å². The predicted octanol–water partition coefficient (Wildman–Crippen LogP) is 1.85. The number of Topliss-reactive ketones (excluding diaryl/α,β-unsaturated/α-hetero) is 1. The maximum absolute atomic E-state index is 10.8. The Morgan fingerprint density at radius 1 is 1.36 bits per heavy atom. The molecule has 0 amide bonds. The average molecular weight is 193 g/mol. The third-order valence-corrected chi connectivity index (χ3v) is 1.90. The fourth-order valence-electron chi connectivity index (χ4n) is 1.39. The molecule has 14 heavy (non-hydrogen) atoms. The predicted molar refractivity (Wildman–Crippen MR) is 56.5 cm³/mol. The Balaban J connectivity index is 2.91. The Morgan fingerprint density at radius 2 is 1.86 bits per heavy atom. The third kappa shape index (κ3) is 2.49. The number of carbonyl (C=O) groups is 1. The molecule has 0 saturated heterocycles. The standard InChI is InChI=1S/C11H15NO2/c1-7-4-10(12)5-8(2)11(7)14-6-9(3)13/h4-5H,6,12H2,1-3H3. The van der Waals surface area contributed by atoms with Crippen LogP contribution in [-0.4, -0.2) is 12.4 Å². The van der Waals surface area contributed by atoms with Crippen molar-refractivity contribution in [1.29, 1.82) is 0 Å². The van der Waals surface area contributed by atoms with Gasteiger partial charge in [0.15, 0.2) is 5.78 Å². The van der Waals surface area contributed by atoms with Crippen LogP contribution in [0.2, 0.25) is 0 Å². The van der Waals surface area contributed by atoms with E-state index in [1.807, 2.05) is 26.0 Å². The second-order valence-electron chi connectivity index (χ2n) is 3.47. The summed E-state index contributed by atoms with van der Waals surface area (Å²) in [6.07, 6.45) is 0. The lowest BCUT2D eigenvalue weighted by molar-refractivity contribution is -0.118. The highest BCUT2D eigenvalue weighted by molar-refractivity contribution is 5.77. The molecule has 0 spiro atoms. The molecule has 1 aromatic rings. The molecule has 0 unspecified atom stereocenters. The second-order valence-corrected chi connectivity index (χ2v) is 3.47. The summed E-state index contributed by atoms with van der Waals surface area (Å²) in [6.45, 7) is 5.45. The van der Waals surface area contributed by atoms with E-state index in [4.69, 9.17) is 10.5 Å². The van der Waals surface area contributed by atoms with Crippen molar-refractivity contribution in [1.82, 2.24) is 0 Å². The van der Waals surface area contributed by atoms with E-state index in [0.29, 0.717) is 0 Å². The van der Waals surface area contributed by atoms with Crippen molar-refractivity contribution in [2.24, 2.45) is 0 Å². The number of ketones is 1. The fraction of sp³-hybridized carbons (Fsp3) is 0.364. The molecule has 0 heterocycles. The van der Waals surface area contributed by atoms with Gasteiger partial charge in [-0.25, -0.2) is 0 Å². The highest BCUT2D eigenvalue weighted by Gasteiger charge is 2.05. The normalized spacial score (nSPS) is 9.93. The largest absolute Gasteiger partial charge is 0.485 e. The molecule has 2 N–H and O–H groups in total. The Kier molecular flexibility index (Phi) is 3.12. The van der Waals surface area contributed by atoms with Gasteiger partial charge >= 0.3 is 0 Å². The number of aryl methyl sites for hydroxylation is 2. The average Bonchev–Trinajstić information content (AvgIpc) is 2.01. The van der Waals surface area contributed by atoms with Gasteiger partial charge < -0.3 is 10.5 Å². The lowest BCUT2D eigenvalue weighted by Gasteiger charge is -2.11. The van der Waals surface area contributed by atoms with Crippen molar-refractivity contribution in [3.63, 3.8) is 0 Å². The summed E-state index contributed by atoms with van der Waals surface area (Å²) in [5, 5.41) is 0. The number of hydrogen-bond donors (Lipinski definition) is 1. The molecule has 76 valence electrons. The Morgan fingerprint density at radius 3 is 2.29 bits per heavy atom. The maximum Gasteiger partial charge on any atom is 0.167 e. The third-order valence-electron chi connectivity index (χ3n) is 1.90.